The van der Waals surface area contributed by atoms with Gasteiger partial charge in [-0.05, 0) is 49.7 Å². The minimum atomic E-state index is -0.173. The fraction of sp³-hybridized carbons (Fsp3) is 0.167. The highest BCUT2D eigenvalue weighted by atomic mass is 32.1. The highest BCUT2D eigenvalue weighted by Crippen LogP contribution is 2.28. The lowest BCUT2D eigenvalue weighted by Gasteiger charge is -2.06. The van der Waals surface area contributed by atoms with Crippen molar-refractivity contribution in [1.82, 2.24) is 10.2 Å². The van der Waals surface area contributed by atoms with E-state index >= 15 is 0 Å². The fourth-order valence-electron chi connectivity index (χ4n) is 2.27. The number of carbonyl (C=O) groups excluding carboxylic acids is 1. The summed E-state index contributed by atoms with van der Waals surface area (Å²) in [6.07, 6.45) is 0. The number of hydrogen-bond acceptors (Lipinski definition) is 5. The summed E-state index contributed by atoms with van der Waals surface area (Å²) in [6, 6.07) is 13.4. The van der Waals surface area contributed by atoms with Gasteiger partial charge < -0.3 is 4.74 Å². The molecule has 0 radical (unpaired) electrons. The lowest BCUT2D eigenvalue weighted by molar-refractivity contribution is 0.102. The van der Waals surface area contributed by atoms with Crippen LogP contribution >= 0.6 is 11.3 Å². The van der Waals surface area contributed by atoms with Crippen LogP contribution in [-0.2, 0) is 0 Å². The van der Waals surface area contributed by atoms with Gasteiger partial charge in [0.05, 0.1) is 7.11 Å². The third-order valence-corrected chi connectivity index (χ3v) is 4.51. The van der Waals surface area contributed by atoms with Crippen LogP contribution in [0.5, 0.6) is 5.75 Å². The monoisotopic (exact) mass is 339 g/mol. The average molecular weight is 339 g/mol. The summed E-state index contributed by atoms with van der Waals surface area (Å²) in [5.74, 6) is 0.611. The summed E-state index contributed by atoms with van der Waals surface area (Å²) in [5, 5.41) is 12.2. The molecule has 0 fully saturated rings. The highest BCUT2D eigenvalue weighted by molar-refractivity contribution is 7.18. The average Bonchev–Trinajstić information content (AvgIpc) is 3.05. The normalized spacial score (nSPS) is 10.5. The second-order valence-corrected chi connectivity index (χ2v) is 6.39. The van der Waals surface area contributed by atoms with Crippen molar-refractivity contribution < 1.29 is 9.53 Å². The second kappa shape index (κ2) is 6.80. The molecule has 0 saturated heterocycles. The number of hydrogen-bond donors (Lipinski definition) is 1. The summed E-state index contributed by atoms with van der Waals surface area (Å²) in [7, 11) is 1.63. The molecule has 0 saturated carbocycles. The Morgan fingerprint density at radius 1 is 1.08 bits per heavy atom. The topological polar surface area (TPSA) is 64.1 Å². The minimum Gasteiger partial charge on any atom is -0.497 e. The molecule has 3 aromatic rings. The van der Waals surface area contributed by atoms with Crippen molar-refractivity contribution in [2.75, 3.05) is 12.4 Å². The minimum absolute atomic E-state index is 0.173. The van der Waals surface area contributed by atoms with E-state index in [1.807, 2.05) is 56.3 Å². The SMILES string of the molecule is COc1ccc(-c2nnc(NC(=O)c3cc(C)ccc3C)s2)cc1. The molecule has 3 rings (SSSR count). The van der Waals surface area contributed by atoms with Crippen LogP contribution in [0.4, 0.5) is 5.13 Å². The van der Waals surface area contributed by atoms with Crippen LogP contribution in [-0.4, -0.2) is 23.2 Å². The van der Waals surface area contributed by atoms with Crippen LogP contribution in [0.25, 0.3) is 10.6 Å². The second-order valence-electron chi connectivity index (χ2n) is 5.41. The van der Waals surface area contributed by atoms with Crippen molar-refractivity contribution in [3.05, 3.63) is 59.2 Å². The van der Waals surface area contributed by atoms with Gasteiger partial charge in [-0.2, -0.15) is 0 Å². The van der Waals surface area contributed by atoms with E-state index in [0.29, 0.717) is 10.7 Å². The molecular formula is C18H17N3O2S. The van der Waals surface area contributed by atoms with Crippen molar-refractivity contribution in [3.63, 3.8) is 0 Å². The first-order valence-corrected chi connectivity index (χ1v) is 8.25. The van der Waals surface area contributed by atoms with Gasteiger partial charge in [-0.3, -0.25) is 10.1 Å². The summed E-state index contributed by atoms with van der Waals surface area (Å²) in [6.45, 7) is 3.88. The Morgan fingerprint density at radius 3 is 2.54 bits per heavy atom. The van der Waals surface area contributed by atoms with Gasteiger partial charge in [0, 0.05) is 11.1 Å². The number of amides is 1. The van der Waals surface area contributed by atoms with Crippen LogP contribution < -0.4 is 10.1 Å². The zero-order valence-electron chi connectivity index (χ0n) is 13.7. The quantitative estimate of drug-likeness (QED) is 0.778. The number of ether oxygens (including phenoxy) is 1. The molecule has 1 N–H and O–H groups in total. The van der Waals surface area contributed by atoms with E-state index in [0.717, 1.165) is 27.4 Å². The first-order valence-electron chi connectivity index (χ1n) is 7.43. The third kappa shape index (κ3) is 3.44. The van der Waals surface area contributed by atoms with Gasteiger partial charge in [0.2, 0.25) is 5.13 Å². The van der Waals surface area contributed by atoms with Crippen molar-refractivity contribution >= 4 is 22.4 Å². The molecular weight excluding hydrogens is 322 g/mol. The highest BCUT2D eigenvalue weighted by Gasteiger charge is 2.13. The number of carbonyl (C=O) groups is 1. The molecule has 0 unspecified atom stereocenters. The van der Waals surface area contributed by atoms with E-state index in [1.54, 1.807) is 7.11 Å². The predicted molar refractivity (Wildman–Crippen MR) is 95.8 cm³/mol. The van der Waals surface area contributed by atoms with Gasteiger partial charge in [-0.1, -0.05) is 29.0 Å². The zero-order chi connectivity index (χ0) is 17.1. The first kappa shape index (κ1) is 16.1. The Kier molecular flexibility index (Phi) is 4.57. The maximum Gasteiger partial charge on any atom is 0.257 e. The van der Waals surface area contributed by atoms with Crippen molar-refractivity contribution in [3.8, 4) is 16.3 Å². The van der Waals surface area contributed by atoms with E-state index in [2.05, 4.69) is 15.5 Å². The molecule has 0 aliphatic carbocycles. The molecule has 0 atom stereocenters. The molecule has 0 aliphatic rings. The van der Waals surface area contributed by atoms with E-state index in [-0.39, 0.29) is 5.91 Å². The summed E-state index contributed by atoms with van der Waals surface area (Å²) >= 11 is 1.34. The third-order valence-electron chi connectivity index (χ3n) is 3.62. The van der Waals surface area contributed by atoms with Crippen LogP contribution in [0.2, 0.25) is 0 Å². The van der Waals surface area contributed by atoms with Crippen molar-refractivity contribution in [2.24, 2.45) is 0 Å². The van der Waals surface area contributed by atoms with E-state index in [9.17, 15) is 4.79 Å². The summed E-state index contributed by atoms with van der Waals surface area (Å²) in [5.41, 5.74) is 3.55. The molecule has 5 nitrogen and oxygen atoms in total. The maximum atomic E-state index is 12.4. The number of methoxy groups -OCH3 is 1. The molecule has 2 aromatic carbocycles. The van der Waals surface area contributed by atoms with E-state index < -0.39 is 0 Å². The maximum absolute atomic E-state index is 12.4. The molecule has 24 heavy (non-hydrogen) atoms. The summed E-state index contributed by atoms with van der Waals surface area (Å²) < 4.78 is 5.14. The largest absolute Gasteiger partial charge is 0.497 e. The van der Waals surface area contributed by atoms with Crippen molar-refractivity contribution in [1.29, 1.82) is 0 Å². The number of anilines is 1. The number of aryl methyl sites for hydroxylation is 2. The van der Waals surface area contributed by atoms with Crippen LogP contribution in [0.3, 0.4) is 0 Å². The van der Waals surface area contributed by atoms with Gasteiger partial charge in [0.25, 0.3) is 5.91 Å². The van der Waals surface area contributed by atoms with E-state index in [4.69, 9.17) is 4.74 Å². The van der Waals surface area contributed by atoms with E-state index in [1.165, 1.54) is 11.3 Å². The lowest BCUT2D eigenvalue weighted by atomic mass is 10.1. The Hall–Kier alpha value is -2.73. The number of nitrogens with one attached hydrogen (secondary N) is 1. The molecule has 6 heteroatoms. The number of aromatic nitrogens is 2. The van der Waals surface area contributed by atoms with Gasteiger partial charge in [-0.15, -0.1) is 10.2 Å². The number of benzene rings is 2. The fourth-order valence-corrected chi connectivity index (χ4v) is 3.01. The molecule has 122 valence electrons. The smallest absolute Gasteiger partial charge is 0.257 e. The van der Waals surface area contributed by atoms with Crippen molar-refractivity contribution in [2.45, 2.75) is 13.8 Å². The van der Waals surface area contributed by atoms with Crippen LogP contribution in [0.1, 0.15) is 21.5 Å². The lowest BCUT2D eigenvalue weighted by Crippen LogP contribution is -2.13. The Morgan fingerprint density at radius 2 is 1.83 bits per heavy atom. The standard InChI is InChI=1S/C18H17N3O2S/c1-11-4-5-12(2)15(10-11)16(22)19-18-21-20-17(24-18)13-6-8-14(23-3)9-7-13/h4-10H,1-3H3,(H,19,21,22). The zero-order valence-corrected chi connectivity index (χ0v) is 14.5. The molecule has 0 spiro atoms. The van der Waals surface area contributed by atoms with Crippen LogP contribution in [0.15, 0.2) is 42.5 Å². The van der Waals surface area contributed by atoms with Gasteiger partial charge in [0.1, 0.15) is 10.8 Å². The Labute approximate surface area is 144 Å². The Bertz CT molecular complexity index is 872. The van der Waals surface area contributed by atoms with Gasteiger partial charge in [-0.25, -0.2) is 0 Å². The molecule has 1 heterocycles. The van der Waals surface area contributed by atoms with Crippen LogP contribution in [0, 0.1) is 13.8 Å². The molecule has 1 amide bonds. The summed E-state index contributed by atoms with van der Waals surface area (Å²) in [4.78, 5) is 12.4. The molecule has 0 aliphatic heterocycles. The number of nitrogens with zero attached hydrogens (tertiary/aromatic N) is 2. The number of rotatable bonds is 4. The predicted octanol–water partition coefficient (Wildman–Crippen LogP) is 4.08. The first-order chi connectivity index (χ1) is 11.6. The van der Waals surface area contributed by atoms with Gasteiger partial charge >= 0.3 is 0 Å². The molecule has 0 bridgehead atoms. The molecule has 1 aromatic heterocycles. The Balaban J connectivity index is 1.78. The van der Waals surface area contributed by atoms with Gasteiger partial charge in [0.15, 0.2) is 0 Å².